The lowest BCUT2D eigenvalue weighted by Gasteiger charge is -2.37. The van der Waals surface area contributed by atoms with Crippen LogP contribution in [0.25, 0.3) is 0 Å². The van der Waals surface area contributed by atoms with E-state index in [9.17, 15) is 0 Å². The van der Waals surface area contributed by atoms with Crippen LogP contribution >= 0.6 is 22.6 Å². The molecule has 1 aliphatic carbocycles. The molecule has 5 unspecified atom stereocenters. The molecule has 0 aromatic heterocycles. The number of likely N-dealkylation sites (tertiary alicyclic amines) is 1. The zero-order valence-corrected chi connectivity index (χ0v) is 12.6. The molecule has 0 radical (unpaired) electrons. The average Bonchev–Trinajstić information content (AvgIpc) is 2.27. The molecule has 0 bridgehead atoms. The first-order valence-corrected chi connectivity index (χ1v) is 8.15. The molecule has 0 spiro atoms. The lowest BCUT2D eigenvalue weighted by atomic mass is 9.80. The van der Waals surface area contributed by atoms with E-state index in [1.54, 1.807) is 4.90 Å². The highest BCUT2D eigenvalue weighted by atomic mass is 127. The summed E-state index contributed by atoms with van der Waals surface area (Å²) >= 11 is 2.61. The summed E-state index contributed by atoms with van der Waals surface area (Å²) in [6.07, 6.45) is 8.76. The van der Waals surface area contributed by atoms with Gasteiger partial charge in [-0.3, -0.25) is 5.73 Å². The third-order valence-electron chi connectivity index (χ3n) is 4.61. The molecule has 16 heavy (non-hydrogen) atoms. The van der Waals surface area contributed by atoms with Crippen molar-refractivity contribution in [2.45, 2.75) is 55.5 Å². The number of quaternary nitrogens is 1. The summed E-state index contributed by atoms with van der Waals surface area (Å²) < 4.78 is 0.853. The minimum Gasteiger partial charge on any atom is -0.319 e. The fourth-order valence-electron chi connectivity index (χ4n) is 3.37. The van der Waals surface area contributed by atoms with Gasteiger partial charge in [-0.25, -0.2) is 0 Å². The van der Waals surface area contributed by atoms with Gasteiger partial charge in [-0.2, -0.15) is 0 Å². The standard InChI is InChI=1S/C13H25IN2/c1-10-4-2-3-5-11(10)8-16-9-12(14)6-7-13(16)15/h10-13H,2-9,15H2,1H3/p+1. The van der Waals surface area contributed by atoms with Crippen molar-refractivity contribution in [1.82, 2.24) is 0 Å². The predicted octanol–water partition coefficient (Wildman–Crippen LogP) is 1.58. The summed E-state index contributed by atoms with van der Waals surface area (Å²) in [4.78, 5) is 1.68. The number of nitrogens with one attached hydrogen (secondary N) is 1. The minimum atomic E-state index is 0.417. The van der Waals surface area contributed by atoms with Crippen molar-refractivity contribution in [2.75, 3.05) is 13.1 Å². The zero-order chi connectivity index (χ0) is 11.5. The highest BCUT2D eigenvalue weighted by Crippen LogP contribution is 2.28. The minimum absolute atomic E-state index is 0.417. The molecule has 2 aliphatic rings. The van der Waals surface area contributed by atoms with Crippen molar-refractivity contribution in [3.05, 3.63) is 0 Å². The van der Waals surface area contributed by atoms with Gasteiger partial charge in [0.1, 0.15) is 6.17 Å². The molecule has 0 aromatic rings. The van der Waals surface area contributed by atoms with E-state index in [1.165, 1.54) is 51.6 Å². The summed E-state index contributed by atoms with van der Waals surface area (Å²) in [5.41, 5.74) is 6.26. The first-order chi connectivity index (χ1) is 7.66. The summed E-state index contributed by atoms with van der Waals surface area (Å²) in [5.74, 6) is 1.87. The second-order valence-electron chi connectivity index (χ2n) is 5.87. The van der Waals surface area contributed by atoms with Crippen molar-refractivity contribution in [1.29, 1.82) is 0 Å². The third kappa shape index (κ3) is 3.33. The molecule has 1 saturated carbocycles. The Balaban J connectivity index is 1.86. The Hall–Kier alpha value is 0.650. The van der Waals surface area contributed by atoms with Crippen LogP contribution in [-0.4, -0.2) is 23.2 Å². The van der Waals surface area contributed by atoms with Crippen LogP contribution in [0.3, 0.4) is 0 Å². The summed E-state index contributed by atoms with van der Waals surface area (Å²) in [6, 6.07) is 0. The lowest BCUT2D eigenvalue weighted by Crippen LogP contribution is -3.19. The van der Waals surface area contributed by atoms with Gasteiger partial charge < -0.3 is 4.90 Å². The molecule has 1 saturated heterocycles. The van der Waals surface area contributed by atoms with Gasteiger partial charge >= 0.3 is 0 Å². The average molecular weight is 337 g/mol. The number of hydrogen-bond donors (Lipinski definition) is 2. The Bertz CT molecular complexity index is 222. The van der Waals surface area contributed by atoms with Gasteiger partial charge in [0.25, 0.3) is 0 Å². The number of alkyl halides is 1. The van der Waals surface area contributed by atoms with Crippen molar-refractivity contribution in [3.8, 4) is 0 Å². The fourth-order valence-corrected chi connectivity index (χ4v) is 4.30. The first-order valence-electron chi connectivity index (χ1n) is 6.91. The maximum Gasteiger partial charge on any atom is 0.138 e. The van der Waals surface area contributed by atoms with Crippen LogP contribution < -0.4 is 10.6 Å². The van der Waals surface area contributed by atoms with E-state index >= 15 is 0 Å². The van der Waals surface area contributed by atoms with E-state index in [1.807, 2.05) is 0 Å². The van der Waals surface area contributed by atoms with Crippen LogP contribution in [0, 0.1) is 11.8 Å². The smallest absolute Gasteiger partial charge is 0.138 e. The van der Waals surface area contributed by atoms with Crippen molar-refractivity contribution in [2.24, 2.45) is 17.6 Å². The highest BCUT2D eigenvalue weighted by Gasteiger charge is 2.32. The Morgan fingerprint density at radius 2 is 1.94 bits per heavy atom. The van der Waals surface area contributed by atoms with Crippen LogP contribution in [0.5, 0.6) is 0 Å². The van der Waals surface area contributed by atoms with E-state index in [-0.39, 0.29) is 0 Å². The Morgan fingerprint density at radius 1 is 1.19 bits per heavy atom. The number of halogens is 1. The molecule has 2 fully saturated rings. The van der Waals surface area contributed by atoms with E-state index in [4.69, 9.17) is 5.73 Å². The Kier molecular flexibility index (Phi) is 4.91. The van der Waals surface area contributed by atoms with Crippen LogP contribution in [0.1, 0.15) is 45.4 Å². The number of rotatable bonds is 2. The second-order valence-corrected chi connectivity index (χ2v) is 7.63. The number of hydrogen-bond acceptors (Lipinski definition) is 1. The Morgan fingerprint density at radius 3 is 2.69 bits per heavy atom. The number of piperidine rings is 1. The van der Waals surface area contributed by atoms with Crippen LogP contribution in [0.15, 0.2) is 0 Å². The summed E-state index contributed by atoms with van der Waals surface area (Å²) in [6.45, 7) is 5.08. The van der Waals surface area contributed by atoms with E-state index in [0.717, 1.165) is 15.8 Å². The Labute approximate surface area is 113 Å². The van der Waals surface area contributed by atoms with Gasteiger partial charge in [0.15, 0.2) is 0 Å². The fraction of sp³-hybridized carbons (Fsp3) is 1.00. The van der Waals surface area contributed by atoms with Crippen molar-refractivity contribution in [3.63, 3.8) is 0 Å². The van der Waals surface area contributed by atoms with E-state index < -0.39 is 0 Å². The molecule has 1 heterocycles. The van der Waals surface area contributed by atoms with E-state index in [2.05, 4.69) is 29.5 Å². The topological polar surface area (TPSA) is 30.5 Å². The van der Waals surface area contributed by atoms with Gasteiger partial charge in [0, 0.05) is 12.3 Å². The third-order valence-corrected chi connectivity index (χ3v) is 5.68. The first kappa shape index (κ1) is 13.1. The lowest BCUT2D eigenvalue weighted by molar-refractivity contribution is -0.932. The van der Waals surface area contributed by atoms with Crippen molar-refractivity contribution < 1.29 is 4.90 Å². The molecule has 2 rings (SSSR count). The van der Waals surface area contributed by atoms with Gasteiger partial charge in [0.2, 0.25) is 0 Å². The molecule has 0 aromatic carbocycles. The quantitative estimate of drug-likeness (QED) is 0.582. The SMILES string of the molecule is CC1CCCCC1C[NH+]1CC(I)CCC1N. The molecule has 2 nitrogen and oxygen atoms in total. The molecular weight excluding hydrogens is 311 g/mol. The molecule has 5 atom stereocenters. The zero-order valence-electron chi connectivity index (χ0n) is 10.4. The molecule has 1 aliphatic heterocycles. The van der Waals surface area contributed by atoms with Gasteiger partial charge in [-0.15, -0.1) is 0 Å². The van der Waals surface area contributed by atoms with Gasteiger partial charge in [0.05, 0.1) is 17.0 Å². The maximum atomic E-state index is 6.26. The van der Waals surface area contributed by atoms with Crippen LogP contribution in [0.2, 0.25) is 0 Å². The van der Waals surface area contributed by atoms with Crippen LogP contribution in [0.4, 0.5) is 0 Å². The number of nitrogens with two attached hydrogens (primary N) is 1. The van der Waals surface area contributed by atoms with Gasteiger partial charge in [-0.05, 0) is 18.8 Å². The normalized spacial score (nSPS) is 45.6. The predicted molar refractivity (Wildman–Crippen MR) is 76.8 cm³/mol. The molecule has 94 valence electrons. The molecular formula is C13H26IN2+. The van der Waals surface area contributed by atoms with Gasteiger partial charge in [-0.1, -0.05) is 48.8 Å². The van der Waals surface area contributed by atoms with Crippen molar-refractivity contribution >= 4 is 22.6 Å². The highest BCUT2D eigenvalue weighted by molar-refractivity contribution is 14.1. The van der Waals surface area contributed by atoms with Crippen LogP contribution in [-0.2, 0) is 0 Å². The monoisotopic (exact) mass is 337 g/mol. The summed E-state index contributed by atoms with van der Waals surface area (Å²) in [5, 5.41) is 0. The second kappa shape index (κ2) is 6.01. The molecule has 3 N–H and O–H groups in total. The van der Waals surface area contributed by atoms with E-state index in [0.29, 0.717) is 6.17 Å². The summed E-state index contributed by atoms with van der Waals surface area (Å²) in [7, 11) is 0. The molecule has 3 heteroatoms. The maximum absolute atomic E-state index is 6.26. The molecule has 0 amide bonds. The largest absolute Gasteiger partial charge is 0.319 e.